The third-order valence-electron chi connectivity index (χ3n) is 3.66. The summed E-state index contributed by atoms with van der Waals surface area (Å²) in [6.45, 7) is 4.43. The Bertz CT molecular complexity index is 829. The lowest BCUT2D eigenvalue weighted by atomic mass is 10.1. The molecule has 0 saturated heterocycles. The summed E-state index contributed by atoms with van der Waals surface area (Å²) in [4.78, 5) is 12.4. The number of sulfone groups is 1. The normalized spacial score (nSPS) is 12.4. The zero-order valence-electron chi connectivity index (χ0n) is 14.7. The summed E-state index contributed by atoms with van der Waals surface area (Å²) in [5, 5.41) is 2.92. The summed E-state index contributed by atoms with van der Waals surface area (Å²) >= 11 is 0. The number of carbonyl (C=O) groups excluding carboxylic acids is 1. The van der Waals surface area contributed by atoms with Crippen LogP contribution in [-0.4, -0.2) is 27.2 Å². The molecular weight excluding hydrogens is 338 g/mol. The Morgan fingerprint density at radius 1 is 1.16 bits per heavy atom. The summed E-state index contributed by atoms with van der Waals surface area (Å²) in [7, 11) is -3.14. The van der Waals surface area contributed by atoms with Crippen LogP contribution in [0.4, 0.5) is 0 Å². The van der Waals surface area contributed by atoms with E-state index in [1.807, 2.05) is 38.1 Å². The summed E-state index contributed by atoms with van der Waals surface area (Å²) < 4.78 is 28.2. The molecule has 1 N–H and O–H groups in total. The van der Waals surface area contributed by atoms with Crippen molar-refractivity contribution in [2.24, 2.45) is 0 Å². The van der Waals surface area contributed by atoms with Crippen LogP contribution in [0.3, 0.4) is 0 Å². The minimum Gasteiger partial charge on any atom is -0.494 e. The van der Waals surface area contributed by atoms with Crippen molar-refractivity contribution in [2.75, 3.05) is 12.9 Å². The Balaban J connectivity index is 2.07. The van der Waals surface area contributed by atoms with E-state index < -0.39 is 9.84 Å². The van der Waals surface area contributed by atoms with Crippen molar-refractivity contribution < 1.29 is 17.9 Å². The predicted molar refractivity (Wildman–Crippen MR) is 98.5 cm³/mol. The summed E-state index contributed by atoms with van der Waals surface area (Å²) in [6, 6.07) is 14.1. The van der Waals surface area contributed by atoms with Gasteiger partial charge in [0, 0.05) is 11.8 Å². The number of rotatable bonds is 7. The highest BCUT2D eigenvalue weighted by atomic mass is 32.2. The second-order valence-corrected chi connectivity index (χ2v) is 8.11. The molecule has 6 heteroatoms. The average Bonchev–Trinajstić information content (AvgIpc) is 2.54. The minimum absolute atomic E-state index is 0.0808. The first-order valence-corrected chi connectivity index (χ1v) is 10.1. The van der Waals surface area contributed by atoms with Crippen LogP contribution in [0.2, 0.25) is 0 Å². The predicted octanol–water partition coefficient (Wildman–Crippen LogP) is 3.12. The monoisotopic (exact) mass is 361 g/mol. The molecule has 1 unspecified atom stereocenters. The lowest BCUT2D eigenvalue weighted by Crippen LogP contribution is -2.26. The standard InChI is InChI=1S/C19H23NO4S/c1-4-24-18-10-8-16(9-11-18)14(2)20-19(21)17-7-5-6-15(12-17)13-25(3,22)23/h5-12,14H,4,13H2,1-3H3,(H,20,21). The number of hydrogen-bond donors (Lipinski definition) is 1. The summed E-state index contributed by atoms with van der Waals surface area (Å²) in [6.07, 6.45) is 1.17. The molecule has 0 fully saturated rings. The van der Waals surface area contributed by atoms with Gasteiger partial charge in [0.15, 0.2) is 9.84 Å². The van der Waals surface area contributed by atoms with Crippen LogP contribution in [-0.2, 0) is 15.6 Å². The van der Waals surface area contributed by atoms with Crippen molar-refractivity contribution in [3.63, 3.8) is 0 Å². The molecule has 134 valence electrons. The molecule has 0 spiro atoms. The molecular formula is C19H23NO4S. The van der Waals surface area contributed by atoms with E-state index >= 15 is 0 Å². The largest absolute Gasteiger partial charge is 0.494 e. The van der Waals surface area contributed by atoms with Crippen molar-refractivity contribution in [1.82, 2.24) is 5.32 Å². The van der Waals surface area contributed by atoms with Gasteiger partial charge in [-0.15, -0.1) is 0 Å². The summed E-state index contributed by atoms with van der Waals surface area (Å²) in [5.74, 6) is 0.470. The second-order valence-electron chi connectivity index (χ2n) is 5.97. The molecule has 2 aromatic rings. The maximum absolute atomic E-state index is 12.4. The van der Waals surface area contributed by atoms with Gasteiger partial charge in [-0.1, -0.05) is 24.3 Å². The first-order chi connectivity index (χ1) is 11.8. The Morgan fingerprint density at radius 3 is 2.44 bits per heavy atom. The number of hydrogen-bond acceptors (Lipinski definition) is 4. The van der Waals surface area contributed by atoms with Crippen LogP contribution >= 0.6 is 0 Å². The maximum atomic E-state index is 12.4. The molecule has 1 amide bonds. The Labute approximate surface area is 148 Å². The van der Waals surface area contributed by atoms with Gasteiger partial charge in [-0.2, -0.15) is 0 Å². The van der Waals surface area contributed by atoms with E-state index in [1.165, 1.54) is 6.26 Å². The molecule has 0 radical (unpaired) electrons. The molecule has 0 saturated carbocycles. The van der Waals surface area contributed by atoms with Crippen molar-refractivity contribution in [2.45, 2.75) is 25.6 Å². The first-order valence-electron chi connectivity index (χ1n) is 8.09. The Hall–Kier alpha value is -2.34. The maximum Gasteiger partial charge on any atom is 0.251 e. The van der Waals surface area contributed by atoms with Crippen LogP contribution < -0.4 is 10.1 Å². The highest BCUT2D eigenvalue weighted by molar-refractivity contribution is 7.89. The van der Waals surface area contributed by atoms with Crippen molar-refractivity contribution >= 4 is 15.7 Å². The van der Waals surface area contributed by atoms with Gasteiger partial charge in [0.2, 0.25) is 0 Å². The third-order valence-corrected chi connectivity index (χ3v) is 4.51. The van der Waals surface area contributed by atoms with Gasteiger partial charge in [-0.25, -0.2) is 8.42 Å². The molecule has 0 aromatic heterocycles. The molecule has 2 rings (SSSR count). The fraction of sp³-hybridized carbons (Fsp3) is 0.316. The van der Waals surface area contributed by atoms with Crippen molar-refractivity contribution in [3.8, 4) is 5.75 Å². The molecule has 0 aliphatic carbocycles. The van der Waals surface area contributed by atoms with Gasteiger partial charge in [-0.05, 0) is 49.2 Å². The zero-order chi connectivity index (χ0) is 18.4. The fourth-order valence-corrected chi connectivity index (χ4v) is 3.27. The number of ether oxygens (including phenoxy) is 1. The quantitative estimate of drug-likeness (QED) is 0.822. The number of amides is 1. The van der Waals surface area contributed by atoms with Gasteiger partial charge in [0.25, 0.3) is 5.91 Å². The molecule has 1 atom stereocenters. The molecule has 2 aromatic carbocycles. The molecule has 0 heterocycles. The van der Waals surface area contributed by atoms with Crippen LogP contribution in [0.1, 0.15) is 41.4 Å². The first kappa shape index (κ1) is 19.0. The van der Waals surface area contributed by atoms with E-state index in [0.717, 1.165) is 11.3 Å². The van der Waals surface area contributed by atoms with Gasteiger partial charge in [0.05, 0.1) is 18.4 Å². The number of carbonyl (C=O) groups is 1. The highest BCUT2D eigenvalue weighted by Gasteiger charge is 2.13. The third kappa shape index (κ3) is 5.90. The van der Waals surface area contributed by atoms with E-state index in [9.17, 15) is 13.2 Å². The Kier molecular flexibility index (Phi) is 6.20. The van der Waals surface area contributed by atoms with Gasteiger partial charge in [0.1, 0.15) is 5.75 Å². The average molecular weight is 361 g/mol. The molecule has 0 aliphatic rings. The lowest BCUT2D eigenvalue weighted by molar-refractivity contribution is 0.0939. The fourth-order valence-electron chi connectivity index (χ4n) is 2.49. The van der Waals surface area contributed by atoms with E-state index in [1.54, 1.807) is 24.3 Å². The van der Waals surface area contributed by atoms with Crippen LogP contribution in [0, 0.1) is 0 Å². The Morgan fingerprint density at radius 2 is 1.84 bits per heavy atom. The SMILES string of the molecule is CCOc1ccc(C(C)NC(=O)c2cccc(CS(C)(=O)=O)c2)cc1. The van der Waals surface area contributed by atoms with Gasteiger partial charge in [-0.3, -0.25) is 4.79 Å². The second kappa shape index (κ2) is 8.16. The van der Waals surface area contributed by atoms with Crippen LogP contribution in [0.15, 0.2) is 48.5 Å². The number of nitrogens with one attached hydrogen (secondary N) is 1. The van der Waals surface area contributed by atoms with Crippen LogP contribution in [0.25, 0.3) is 0 Å². The van der Waals surface area contributed by atoms with E-state index in [2.05, 4.69) is 5.32 Å². The number of benzene rings is 2. The van der Waals surface area contributed by atoms with Gasteiger partial charge >= 0.3 is 0 Å². The van der Waals surface area contributed by atoms with Gasteiger partial charge < -0.3 is 10.1 Å². The van der Waals surface area contributed by atoms with Crippen molar-refractivity contribution in [1.29, 1.82) is 0 Å². The van der Waals surface area contributed by atoms with Crippen molar-refractivity contribution in [3.05, 3.63) is 65.2 Å². The van der Waals surface area contributed by atoms with E-state index in [0.29, 0.717) is 17.7 Å². The van der Waals surface area contributed by atoms with Crippen LogP contribution in [0.5, 0.6) is 5.75 Å². The smallest absolute Gasteiger partial charge is 0.251 e. The molecule has 0 aliphatic heterocycles. The molecule has 25 heavy (non-hydrogen) atoms. The van der Waals surface area contributed by atoms with E-state index in [-0.39, 0.29) is 17.7 Å². The lowest BCUT2D eigenvalue weighted by Gasteiger charge is -2.15. The molecule has 0 bridgehead atoms. The highest BCUT2D eigenvalue weighted by Crippen LogP contribution is 2.18. The minimum atomic E-state index is -3.14. The molecule has 5 nitrogen and oxygen atoms in total. The topological polar surface area (TPSA) is 72.5 Å². The summed E-state index contributed by atoms with van der Waals surface area (Å²) in [5.41, 5.74) is 2.01. The van der Waals surface area contributed by atoms with E-state index in [4.69, 9.17) is 4.74 Å². The zero-order valence-corrected chi connectivity index (χ0v) is 15.5.